The van der Waals surface area contributed by atoms with E-state index >= 15 is 0 Å². The lowest BCUT2D eigenvalue weighted by molar-refractivity contribution is -0.151. The van der Waals surface area contributed by atoms with Crippen molar-refractivity contribution in [3.8, 4) is 0 Å². The summed E-state index contributed by atoms with van der Waals surface area (Å²) in [4.78, 5) is 75.4. The maximum absolute atomic E-state index is 11.1. The Bertz CT molecular complexity index is 747. The molecule has 0 heterocycles. The normalized spacial score (nSPS) is 14.8. The van der Waals surface area contributed by atoms with E-state index in [0.717, 1.165) is 0 Å². The number of rotatable bonds is 10. The fraction of sp³-hybridized carbons (Fsp3) is 0.682. The number of hydrogen-bond acceptors (Lipinski definition) is 12. The molecule has 6 N–H and O–H groups in total. The zero-order valence-electron chi connectivity index (χ0n) is 22.1. The average Bonchev–Trinajstić information content (AvgIpc) is 2.83. The highest BCUT2D eigenvalue weighted by Gasteiger charge is 2.29. The van der Waals surface area contributed by atoms with Crippen molar-refractivity contribution in [3.05, 3.63) is 0 Å². The van der Waals surface area contributed by atoms with Crippen molar-refractivity contribution in [1.82, 2.24) is 5.32 Å². The molecule has 0 rings (SSSR count). The zero-order chi connectivity index (χ0) is 29.3. The second-order valence-corrected chi connectivity index (χ2v) is 7.72. The summed E-state index contributed by atoms with van der Waals surface area (Å²) in [6.07, 6.45) is 0. The van der Waals surface area contributed by atoms with Gasteiger partial charge in [0.1, 0.15) is 17.9 Å². The predicted molar refractivity (Wildman–Crippen MR) is 126 cm³/mol. The molecule has 208 valence electrons. The first kappa shape index (κ1) is 37.2. The lowest BCUT2D eigenvalue weighted by atomic mass is 9.99. The molecule has 0 fully saturated rings. The molecule has 1 amide bonds. The van der Waals surface area contributed by atoms with E-state index in [0.29, 0.717) is 0 Å². The lowest BCUT2D eigenvalue weighted by Gasteiger charge is -2.19. The Balaban J connectivity index is -0.000000459. The maximum Gasteiger partial charge on any atom is 0.321 e. The number of carbonyl (C=O) groups excluding carboxylic acids is 6. The number of aliphatic carboxylic acids is 1. The van der Waals surface area contributed by atoms with Gasteiger partial charge in [0.25, 0.3) is 0 Å². The number of nitrogens with two attached hydrogens (primary N) is 2. The molecule has 0 aliphatic carbocycles. The van der Waals surface area contributed by atoms with Gasteiger partial charge in [-0.25, -0.2) is 0 Å². The Labute approximate surface area is 210 Å². The second kappa shape index (κ2) is 18.9. The second-order valence-electron chi connectivity index (χ2n) is 7.72. The summed E-state index contributed by atoms with van der Waals surface area (Å²) >= 11 is 0. The quantitative estimate of drug-likeness (QED) is 0.196. The van der Waals surface area contributed by atoms with Crippen LogP contribution in [-0.2, 0) is 47.8 Å². The van der Waals surface area contributed by atoms with Crippen molar-refractivity contribution >= 4 is 41.4 Å². The van der Waals surface area contributed by atoms with Gasteiger partial charge in [0.15, 0.2) is 5.78 Å². The van der Waals surface area contributed by atoms with Crippen molar-refractivity contribution in [2.75, 3.05) is 21.3 Å². The Hall–Kier alpha value is -3.39. The van der Waals surface area contributed by atoms with Crippen LogP contribution in [0.2, 0.25) is 0 Å². The number of ether oxygens (including phenoxy) is 3. The summed E-state index contributed by atoms with van der Waals surface area (Å²) in [5.74, 6) is -5.63. The molecule has 0 radical (unpaired) electrons. The summed E-state index contributed by atoms with van der Waals surface area (Å²) < 4.78 is 13.2. The van der Waals surface area contributed by atoms with E-state index in [1.54, 1.807) is 6.92 Å². The van der Waals surface area contributed by atoms with Crippen LogP contribution in [0, 0.1) is 17.8 Å². The van der Waals surface area contributed by atoms with Crippen LogP contribution in [0.25, 0.3) is 0 Å². The molecule has 0 bridgehead atoms. The summed E-state index contributed by atoms with van der Waals surface area (Å²) in [6.45, 7) is 8.47. The fourth-order valence-corrected chi connectivity index (χ4v) is 2.35. The summed E-state index contributed by atoms with van der Waals surface area (Å²) in [5, 5.41) is 10.8. The number of nitrogens with one attached hydrogen (secondary N) is 1. The van der Waals surface area contributed by atoms with Crippen molar-refractivity contribution in [3.63, 3.8) is 0 Å². The SMILES string of the molecule is COC(=O)C(C)C(N)C(=O)O.COC(=O)C(C)C(N)C(C)=O.COC(=O)C(C)C(NC(C)=O)C(C)=O. The van der Waals surface area contributed by atoms with Gasteiger partial charge in [0.2, 0.25) is 5.91 Å². The minimum atomic E-state index is -1.21. The molecule has 0 aliphatic heterocycles. The Morgan fingerprint density at radius 2 is 0.972 bits per heavy atom. The number of esters is 3. The summed E-state index contributed by atoms with van der Waals surface area (Å²) in [7, 11) is 3.70. The standard InChI is InChI=1S/C9H15NO4.C7H13NO3.C6H11NO4/c1-5(9(13)14-4)8(6(2)11)10-7(3)12;1-4(7(10)11-3)6(8)5(2)9;1-3(6(10)11-2)4(7)5(8)9/h5,8H,1-4H3,(H,10,12);4,6H,8H2,1-3H3;3-4H,7H2,1-2H3,(H,8,9). The van der Waals surface area contributed by atoms with E-state index in [2.05, 4.69) is 19.5 Å². The number of carboxylic acid groups (broad SMARTS) is 1. The maximum atomic E-state index is 11.1. The number of hydrogen-bond donors (Lipinski definition) is 4. The Morgan fingerprint density at radius 1 is 0.639 bits per heavy atom. The zero-order valence-corrected chi connectivity index (χ0v) is 22.1. The number of amides is 1. The van der Waals surface area contributed by atoms with E-state index in [1.807, 2.05) is 0 Å². The summed E-state index contributed by atoms with van der Waals surface area (Å²) in [6, 6.07) is -2.75. The Morgan fingerprint density at radius 3 is 1.22 bits per heavy atom. The third-order valence-corrected chi connectivity index (χ3v) is 4.85. The molecule has 6 atom stereocenters. The lowest BCUT2D eigenvalue weighted by Crippen LogP contribution is -2.46. The van der Waals surface area contributed by atoms with Gasteiger partial charge in [-0.15, -0.1) is 0 Å². The van der Waals surface area contributed by atoms with Gasteiger partial charge >= 0.3 is 23.9 Å². The van der Waals surface area contributed by atoms with Gasteiger partial charge in [0.05, 0.1) is 45.1 Å². The van der Waals surface area contributed by atoms with E-state index in [4.69, 9.17) is 16.6 Å². The van der Waals surface area contributed by atoms with Crippen LogP contribution in [0.15, 0.2) is 0 Å². The molecule has 0 spiro atoms. The minimum Gasteiger partial charge on any atom is -0.480 e. The van der Waals surface area contributed by atoms with Crippen molar-refractivity contribution in [1.29, 1.82) is 0 Å². The van der Waals surface area contributed by atoms with Crippen LogP contribution >= 0.6 is 0 Å². The van der Waals surface area contributed by atoms with Crippen LogP contribution in [0.1, 0.15) is 41.5 Å². The van der Waals surface area contributed by atoms with Gasteiger partial charge in [-0.1, -0.05) is 0 Å². The highest BCUT2D eigenvalue weighted by molar-refractivity contribution is 5.91. The predicted octanol–water partition coefficient (Wildman–Crippen LogP) is -1.19. The van der Waals surface area contributed by atoms with Gasteiger partial charge in [-0.05, 0) is 34.6 Å². The number of carboxylic acids is 1. The first-order valence-corrected chi connectivity index (χ1v) is 10.7. The largest absolute Gasteiger partial charge is 0.480 e. The molecule has 14 nitrogen and oxygen atoms in total. The monoisotopic (exact) mass is 521 g/mol. The number of ketones is 2. The average molecular weight is 522 g/mol. The highest BCUT2D eigenvalue weighted by Crippen LogP contribution is 2.06. The van der Waals surface area contributed by atoms with E-state index in [9.17, 15) is 33.6 Å². The van der Waals surface area contributed by atoms with Crippen LogP contribution in [0.4, 0.5) is 0 Å². The van der Waals surface area contributed by atoms with Gasteiger partial charge in [0, 0.05) is 6.92 Å². The van der Waals surface area contributed by atoms with Crippen LogP contribution in [0.5, 0.6) is 0 Å². The molecule has 14 heteroatoms. The van der Waals surface area contributed by atoms with Crippen molar-refractivity contribution < 1.29 is 52.9 Å². The first-order valence-electron chi connectivity index (χ1n) is 10.7. The van der Waals surface area contributed by atoms with Crippen LogP contribution in [0.3, 0.4) is 0 Å². The van der Waals surface area contributed by atoms with Crippen LogP contribution < -0.4 is 16.8 Å². The van der Waals surface area contributed by atoms with E-state index < -0.39 is 59.8 Å². The minimum absolute atomic E-state index is 0.206. The number of Topliss-reactive ketones (excluding diaryl/α,β-unsaturated/α-hetero) is 2. The first-order chi connectivity index (χ1) is 16.4. The molecule has 0 aliphatic rings. The Kier molecular flexibility index (Phi) is 19.5. The van der Waals surface area contributed by atoms with Gasteiger partial charge in [-0.2, -0.15) is 0 Å². The molecular formula is C22H39N3O11. The summed E-state index contributed by atoms with van der Waals surface area (Å²) in [5.41, 5.74) is 10.5. The van der Waals surface area contributed by atoms with Crippen molar-refractivity contribution in [2.24, 2.45) is 29.2 Å². The molecule has 0 saturated heterocycles. The van der Waals surface area contributed by atoms with E-state index in [1.165, 1.54) is 55.9 Å². The topological polar surface area (TPSA) is 231 Å². The van der Waals surface area contributed by atoms with Gasteiger partial charge < -0.3 is 36.1 Å². The molecule has 6 unspecified atom stereocenters. The number of methoxy groups -OCH3 is 3. The van der Waals surface area contributed by atoms with Crippen molar-refractivity contribution in [2.45, 2.75) is 59.7 Å². The van der Waals surface area contributed by atoms with E-state index in [-0.39, 0.29) is 17.5 Å². The molecule has 0 aromatic heterocycles. The molecule has 0 saturated carbocycles. The molecule has 36 heavy (non-hydrogen) atoms. The smallest absolute Gasteiger partial charge is 0.321 e. The molecular weight excluding hydrogens is 482 g/mol. The third kappa shape index (κ3) is 14.8. The number of carbonyl (C=O) groups is 7. The van der Waals surface area contributed by atoms with Crippen LogP contribution in [-0.4, -0.2) is 85.9 Å². The van der Waals surface area contributed by atoms with Gasteiger partial charge in [-0.3, -0.25) is 33.6 Å². The fourth-order valence-electron chi connectivity index (χ4n) is 2.35. The molecule has 0 aromatic carbocycles. The molecule has 0 aromatic rings. The third-order valence-electron chi connectivity index (χ3n) is 4.85. The highest BCUT2D eigenvalue weighted by atomic mass is 16.5.